The molecule has 1 aromatic heterocycles. The molecule has 0 bridgehead atoms. The van der Waals surface area contributed by atoms with Crippen LogP contribution in [0.25, 0.3) is 44.1 Å². The van der Waals surface area contributed by atoms with Gasteiger partial charge in [0.15, 0.2) is 0 Å². The van der Waals surface area contributed by atoms with Crippen molar-refractivity contribution < 1.29 is 0 Å². The molecule has 0 radical (unpaired) electrons. The van der Waals surface area contributed by atoms with Gasteiger partial charge in [0, 0.05) is 34.3 Å². The first-order valence-electron chi connectivity index (χ1n) is 15.7. The van der Waals surface area contributed by atoms with Gasteiger partial charge in [-0.15, -0.1) is 0 Å². The number of rotatable bonds is 8. The van der Waals surface area contributed by atoms with E-state index in [9.17, 15) is 0 Å². The number of fused-ring (bicyclic) bond motifs is 2. The maximum atomic E-state index is 2.34. The zero-order chi connectivity index (χ0) is 30.6. The zero-order valence-electron chi connectivity index (χ0n) is 25.8. The standard InChI is InChI=1S/C43H36N2/c1-3-11-32(12-4-2)34-17-18-37-31-42(25-21-36(37)29-34)45(40-15-9-6-10-16-40)41-23-19-33(20-24-41)35-22-26-43-38(30-35)27-28-44(43)39-13-7-5-8-14-39/h3,5-31H,4H2,1-2H3/b11-3-,32-12+. The van der Waals surface area contributed by atoms with Gasteiger partial charge in [-0.05, 0) is 119 Å². The third-order valence-corrected chi connectivity index (χ3v) is 8.38. The van der Waals surface area contributed by atoms with Gasteiger partial charge in [0.25, 0.3) is 0 Å². The second-order valence-electron chi connectivity index (χ2n) is 11.3. The van der Waals surface area contributed by atoms with Crippen molar-refractivity contribution in [2.75, 3.05) is 4.90 Å². The van der Waals surface area contributed by atoms with Crippen LogP contribution in [0.15, 0.2) is 170 Å². The molecule has 2 heteroatoms. The van der Waals surface area contributed by atoms with Crippen molar-refractivity contribution in [3.05, 3.63) is 176 Å². The molecule has 0 saturated heterocycles. The van der Waals surface area contributed by atoms with Crippen LogP contribution in [0.3, 0.4) is 0 Å². The molecule has 7 aromatic rings. The fourth-order valence-corrected chi connectivity index (χ4v) is 6.20. The predicted octanol–water partition coefficient (Wildman–Crippen LogP) is 12.3. The molecule has 2 nitrogen and oxygen atoms in total. The largest absolute Gasteiger partial charge is 0.317 e. The first-order chi connectivity index (χ1) is 22.2. The van der Waals surface area contributed by atoms with Gasteiger partial charge in [-0.25, -0.2) is 0 Å². The molecule has 6 aromatic carbocycles. The number of aromatic nitrogens is 1. The van der Waals surface area contributed by atoms with Crippen LogP contribution in [0.5, 0.6) is 0 Å². The highest BCUT2D eigenvalue weighted by molar-refractivity contribution is 5.93. The van der Waals surface area contributed by atoms with Crippen molar-refractivity contribution >= 4 is 44.3 Å². The average Bonchev–Trinajstić information content (AvgIpc) is 3.53. The summed E-state index contributed by atoms with van der Waals surface area (Å²) in [5, 5.41) is 3.69. The minimum atomic E-state index is 1.01. The molecule has 0 amide bonds. The molecule has 0 spiro atoms. The van der Waals surface area contributed by atoms with Gasteiger partial charge in [0.1, 0.15) is 0 Å². The maximum absolute atomic E-state index is 2.34. The van der Waals surface area contributed by atoms with E-state index in [4.69, 9.17) is 0 Å². The molecule has 7 rings (SSSR count). The molecule has 0 aliphatic carbocycles. The molecule has 0 N–H and O–H groups in total. The highest BCUT2D eigenvalue weighted by Crippen LogP contribution is 2.38. The van der Waals surface area contributed by atoms with Gasteiger partial charge in [-0.3, -0.25) is 0 Å². The number of anilines is 3. The van der Waals surface area contributed by atoms with Gasteiger partial charge in [-0.2, -0.15) is 0 Å². The van der Waals surface area contributed by atoms with Crippen molar-refractivity contribution in [3.63, 3.8) is 0 Å². The summed E-state index contributed by atoms with van der Waals surface area (Å²) in [7, 11) is 0. The molecule has 45 heavy (non-hydrogen) atoms. The van der Waals surface area contributed by atoms with Gasteiger partial charge < -0.3 is 9.47 Å². The van der Waals surface area contributed by atoms with E-state index in [1.54, 1.807) is 0 Å². The molecule has 0 saturated carbocycles. The van der Waals surface area contributed by atoms with Crippen molar-refractivity contribution in [2.45, 2.75) is 20.3 Å². The van der Waals surface area contributed by atoms with E-state index >= 15 is 0 Å². The molecule has 0 fully saturated rings. The summed E-state index contributed by atoms with van der Waals surface area (Å²) in [6.45, 7) is 4.26. The Morgan fingerprint density at radius 1 is 0.600 bits per heavy atom. The Kier molecular flexibility index (Phi) is 7.87. The van der Waals surface area contributed by atoms with Crippen molar-refractivity contribution in [3.8, 4) is 16.8 Å². The fourth-order valence-electron chi connectivity index (χ4n) is 6.20. The smallest absolute Gasteiger partial charge is 0.0528 e. The summed E-state index contributed by atoms with van der Waals surface area (Å²) in [6.07, 6.45) is 9.75. The number of hydrogen-bond acceptors (Lipinski definition) is 1. The summed E-state index contributed by atoms with van der Waals surface area (Å²) >= 11 is 0. The van der Waals surface area contributed by atoms with E-state index in [2.05, 4.69) is 193 Å². The third kappa shape index (κ3) is 5.71. The van der Waals surface area contributed by atoms with Crippen LogP contribution in [0, 0.1) is 0 Å². The Balaban J connectivity index is 1.23. The van der Waals surface area contributed by atoms with Crippen LogP contribution >= 0.6 is 0 Å². The Labute approximate surface area is 265 Å². The van der Waals surface area contributed by atoms with Crippen LogP contribution in [0.4, 0.5) is 17.1 Å². The summed E-state index contributed by atoms with van der Waals surface area (Å²) in [5.41, 5.74) is 10.7. The monoisotopic (exact) mass is 580 g/mol. The Morgan fingerprint density at radius 3 is 2.02 bits per heavy atom. The molecular formula is C43H36N2. The van der Waals surface area contributed by atoms with Gasteiger partial charge in [-0.1, -0.05) is 97.9 Å². The SMILES string of the molecule is C/C=C\C(=C/CC)c1ccc2cc(N(c3ccccc3)c3ccc(-c4ccc5c(ccn5-c5ccccc5)c4)cc3)ccc2c1. The van der Waals surface area contributed by atoms with Crippen molar-refractivity contribution in [2.24, 2.45) is 0 Å². The van der Waals surface area contributed by atoms with Crippen molar-refractivity contribution in [1.82, 2.24) is 4.57 Å². The number of para-hydroxylation sites is 2. The van der Waals surface area contributed by atoms with E-state index < -0.39 is 0 Å². The number of allylic oxidation sites excluding steroid dienone is 4. The second kappa shape index (κ2) is 12.6. The minimum Gasteiger partial charge on any atom is -0.317 e. The molecule has 0 atom stereocenters. The van der Waals surface area contributed by atoms with E-state index in [0.717, 1.165) is 23.5 Å². The molecule has 218 valence electrons. The summed E-state index contributed by atoms with van der Waals surface area (Å²) < 4.78 is 2.24. The van der Waals surface area contributed by atoms with E-state index in [-0.39, 0.29) is 0 Å². The lowest BCUT2D eigenvalue weighted by atomic mass is 9.99. The molecular weight excluding hydrogens is 544 g/mol. The van der Waals surface area contributed by atoms with E-state index in [1.165, 1.54) is 49.6 Å². The fraction of sp³-hybridized carbons (Fsp3) is 0.0698. The lowest BCUT2D eigenvalue weighted by molar-refractivity contribution is 1.13. The molecule has 0 unspecified atom stereocenters. The Morgan fingerprint density at radius 2 is 1.27 bits per heavy atom. The summed E-state index contributed by atoms with van der Waals surface area (Å²) in [6, 6.07) is 52.5. The zero-order valence-corrected chi connectivity index (χ0v) is 25.8. The third-order valence-electron chi connectivity index (χ3n) is 8.38. The Bertz CT molecular complexity index is 2130. The van der Waals surface area contributed by atoms with Gasteiger partial charge in [0.2, 0.25) is 0 Å². The van der Waals surface area contributed by atoms with Gasteiger partial charge >= 0.3 is 0 Å². The lowest BCUT2D eigenvalue weighted by Crippen LogP contribution is -2.09. The number of hydrogen-bond donors (Lipinski definition) is 0. The number of nitrogens with zero attached hydrogens (tertiary/aromatic N) is 2. The van der Waals surface area contributed by atoms with Gasteiger partial charge in [0.05, 0.1) is 5.52 Å². The summed E-state index contributed by atoms with van der Waals surface area (Å²) in [5.74, 6) is 0. The van der Waals surface area contributed by atoms with E-state index in [1.807, 2.05) is 0 Å². The quantitative estimate of drug-likeness (QED) is 0.162. The first kappa shape index (κ1) is 28.2. The topological polar surface area (TPSA) is 8.17 Å². The first-order valence-corrected chi connectivity index (χ1v) is 15.7. The second-order valence-corrected chi connectivity index (χ2v) is 11.3. The lowest BCUT2D eigenvalue weighted by Gasteiger charge is -2.26. The van der Waals surface area contributed by atoms with Crippen LogP contribution < -0.4 is 4.90 Å². The molecule has 0 aliphatic rings. The van der Waals surface area contributed by atoms with Crippen LogP contribution in [-0.2, 0) is 0 Å². The summed E-state index contributed by atoms with van der Waals surface area (Å²) in [4.78, 5) is 2.34. The van der Waals surface area contributed by atoms with Crippen LogP contribution in [-0.4, -0.2) is 4.57 Å². The van der Waals surface area contributed by atoms with Crippen LogP contribution in [0.1, 0.15) is 25.8 Å². The highest BCUT2D eigenvalue weighted by atomic mass is 15.1. The maximum Gasteiger partial charge on any atom is 0.0528 e. The molecule has 0 aliphatic heterocycles. The molecule has 1 heterocycles. The van der Waals surface area contributed by atoms with E-state index in [0.29, 0.717) is 0 Å². The van der Waals surface area contributed by atoms with Crippen LogP contribution in [0.2, 0.25) is 0 Å². The normalized spacial score (nSPS) is 11.9. The number of benzene rings is 6. The Hall–Kier alpha value is -5.60. The average molecular weight is 581 g/mol. The highest BCUT2D eigenvalue weighted by Gasteiger charge is 2.14. The van der Waals surface area contributed by atoms with Crippen molar-refractivity contribution in [1.29, 1.82) is 0 Å². The minimum absolute atomic E-state index is 1.01. The predicted molar refractivity (Wildman–Crippen MR) is 194 cm³/mol.